The van der Waals surface area contributed by atoms with E-state index >= 15 is 0 Å². The Kier molecular flexibility index (Phi) is 4.49. The molecule has 2 N–H and O–H groups in total. The molecule has 0 aromatic heterocycles. The van der Waals surface area contributed by atoms with Crippen LogP contribution in [-0.4, -0.2) is 49.7 Å². The summed E-state index contributed by atoms with van der Waals surface area (Å²) in [5.41, 5.74) is 5.71. The molecule has 1 aliphatic rings. The molecule has 0 heterocycles. The van der Waals surface area contributed by atoms with Crippen LogP contribution >= 0.6 is 0 Å². The molecule has 2 atom stereocenters. The summed E-state index contributed by atoms with van der Waals surface area (Å²) in [4.78, 5) is 1.61. The summed E-state index contributed by atoms with van der Waals surface area (Å²) in [6.45, 7) is 6.97. The Morgan fingerprint density at radius 2 is 2.06 bits per heavy atom. The predicted octanol–water partition coefficient (Wildman–Crippen LogP) is 1.72. The summed E-state index contributed by atoms with van der Waals surface area (Å²) in [6, 6.07) is 0. The molecule has 1 rings (SSSR count). The fourth-order valence-electron chi connectivity index (χ4n) is 2.56. The third kappa shape index (κ3) is 2.95. The molecule has 5 heteroatoms. The van der Waals surface area contributed by atoms with E-state index in [2.05, 4.69) is 0 Å². The second-order valence-electron chi connectivity index (χ2n) is 5.61. The van der Waals surface area contributed by atoms with Crippen molar-refractivity contribution >= 4 is 0 Å². The van der Waals surface area contributed by atoms with E-state index in [9.17, 15) is 8.78 Å². The highest BCUT2D eigenvalue weighted by atomic mass is 19.3. The second-order valence-corrected chi connectivity index (χ2v) is 5.61. The van der Waals surface area contributed by atoms with Crippen molar-refractivity contribution in [3.8, 4) is 0 Å². The van der Waals surface area contributed by atoms with Crippen LogP contribution in [0.15, 0.2) is 0 Å². The first kappa shape index (κ1) is 14.8. The third-order valence-electron chi connectivity index (χ3n) is 4.01. The number of nitrogens with two attached hydrogens (primary N) is 1. The van der Waals surface area contributed by atoms with E-state index in [0.717, 1.165) is 6.42 Å². The van der Waals surface area contributed by atoms with Gasteiger partial charge in [-0.15, -0.1) is 0 Å². The highest BCUT2D eigenvalue weighted by molar-refractivity contribution is 5.14. The van der Waals surface area contributed by atoms with Crippen molar-refractivity contribution in [2.24, 2.45) is 11.1 Å². The normalized spacial score (nSPS) is 31.9. The molecule has 1 aliphatic carbocycles. The molecule has 2 unspecified atom stereocenters. The van der Waals surface area contributed by atoms with Gasteiger partial charge in [0.25, 0.3) is 6.43 Å². The topological polar surface area (TPSA) is 38.5 Å². The zero-order valence-corrected chi connectivity index (χ0v) is 11.2. The fraction of sp³-hybridized carbons (Fsp3) is 1.00. The molecular weight excluding hydrogens is 226 g/mol. The fourth-order valence-corrected chi connectivity index (χ4v) is 2.56. The van der Waals surface area contributed by atoms with Crippen molar-refractivity contribution in [3.63, 3.8) is 0 Å². The number of likely N-dealkylation sites (N-methyl/N-ethyl adjacent to an activating group) is 1. The van der Waals surface area contributed by atoms with Crippen LogP contribution in [0.25, 0.3) is 0 Å². The number of hydrogen-bond donors (Lipinski definition) is 1. The molecule has 1 saturated carbocycles. The van der Waals surface area contributed by atoms with Gasteiger partial charge >= 0.3 is 0 Å². The highest BCUT2D eigenvalue weighted by Gasteiger charge is 2.58. The first-order chi connectivity index (χ1) is 7.73. The Balaban J connectivity index is 2.54. The van der Waals surface area contributed by atoms with E-state index in [1.165, 1.54) is 0 Å². The minimum absolute atomic E-state index is 0.137. The van der Waals surface area contributed by atoms with Gasteiger partial charge in [0.2, 0.25) is 0 Å². The second kappa shape index (κ2) is 5.16. The largest absolute Gasteiger partial charge is 0.378 e. The highest BCUT2D eigenvalue weighted by Crippen LogP contribution is 2.49. The maximum atomic E-state index is 12.3. The summed E-state index contributed by atoms with van der Waals surface area (Å²) in [5, 5.41) is 0. The number of nitrogens with zero attached hydrogens (tertiary/aromatic N) is 1. The van der Waals surface area contributed by atoms with Crippen LogP contribution in [0.3, 0.4) is 0 Å². The molecule has 0 aromatic rings. The molecule has 0 saturated heterocycles. The minimum Gasteiger partial charge on any atom is -0.378 e. The summed E-state index contributed by atoms with van der Waals surface area (Å²) in [7, 11) is 1.69. The van der Waals surface area contributed by atoms with Gasteiger partial charge in [0, 0.05) is 24.1 Å². The van der Waals surface area contributed by atoms with E-state index in [4.69, 9.17) is 10.5 Å². The Bertz CT molecular complexity index is 261. The molecule has 3 nitrogen and oxygen atoms in total. The Labute approximate surface area is 102 Å². The van der Waals surface area contributed by atoms with Crippen LogP contribution < -0.4 is 5.73 Å². The zero-order valence-electron chi connectivity index (χ0n) is 11.2. The van der Waals surface area contributed by atoms with Crippen LogP contribution in [0.2, 0.25) is 0 Å². The van der Waals surface area contributed by atoms with E-state index in [-0.39, 0.29) is 18.1 Å². The van der Waals surface area contributed by atoms with Crippen molar-refractivity contribution in [1.29, 1.82) is 0 Å². The molecule has 0 aliphatic heterocycles. The van der Waals surface area contributed by atoms with Crippen molar-refractivity contribution in [1.82, 2.24) is 4.90 Å². The molecule has 17 heavy (non-hydrogen) atoms. The van der Waals surface area contributed by atoms with Crippen LogP contribution in [0.1, 0.15) is 27.2 Å². The van der Waals surface area contributed by atoms with E-state index < -0.39 is 12.0 Å². The minimum atomic E-state index is -2.31. The van der Waals surface area contributed by atoms with Gasteiger partial charge in [-0.1, -0.05) is 13.8 Å². The van der Waals surface area contributed by atoms with Crippen LogP contribution in [0.4, 0.5) is 8.78 Å². The Morgan fingerprint density at radius 3 is 2.47 bits per heavy atom. The molecule has 0 radical (unpaired) electrons. The Morgan fingerprint density at radius 1 is 1.47 bits per heavy atom. The van der Waals surface area contributed by atoms with Crippen molar-refractivity contribution in [3.05, 3.63) is 0 Å². The maximum absolute atomic E-state index is 12.3. The van der Waals surface area contributed by atoms with Gasteiger partial charge in [0.05, 0.1) is 12.6 Å². The lowest BCUT2D eigenvalue weighted by Gasteiger charge is -2.60. The third-order valence-corrected chi connectivity index (χ3v) is 4.01. The van der Waals surface area contributed by atoms with Crippen molar-refractivity contribution in [2.45, 2.75) is 45.3 Å². The van der Waals surface area contributed by atoms with Gasteiger partial charge < -0.3 is 10.5 Å². The van der Waals surface area contributed by atoms with Gasteiger partial charge in [-0.2, -0.15) is 0 Å². The first-order valence-electron chi connectivity index (χ1n) is 6.10. The number of rotatable bonds is 6. The van der Waals surface area contributed by atoms with Crippen molar-refractivity contribution in [2.75, 3.05) is 26.7 Å². The number of hydrogen-bond acceptors (Lipinski definition) is 3. The van der Waals surface area contributed by atoms with Gasteiger partial charge in [0.1, 0.15) is 0 Å². The summed E-state index contributed by atoms with van der Waals surface area (Å²) >= 11 is 0. The molecular formula is C12H24F2N2O. The lowest BCUT2D eigenvalue weighted by molar-refractivity contribution is -0.156. The lowest BCUT2D eigenvalue weighted by Crippen LogP contribution is -2.73. The smallest absolute Gasteiger partial charge is 0.251 e. The standard InChI is InChI=1S/C12H24F2N2O/c1-5-17-9-6-12(15,11(9,2)3)8-16(4)7-10(13)14/h9-10H,5-8,15H2,1-4H3. The molecule has 0 bridgehead atoms. The van der Waals surface area contributed by atoms with Crippen LogP contribution in [0.5, 0.6) is 0 Å². The monoisotopic (exact) mass is 250 g/mol. The lowest BCUT2D eigenvalue weighted by atomic mass is 9.54. The molecule has 102 valence electrons. The first-order valence-corrected chi connectivity index (χ1v) is 6.10. The van der Waals surface area contributed by atoms with Gasteiger partial charge in [-0.25, -0.2) is 8.78 Å². The number of alkyl halides is 2. The Hall–Kier alpha value is -0.260. The van der Waals surface area contributed by atoms with E-state index in [1.807, 2.05) is 20.8 Å². The van der Waals surface area contributed by atoms with E-state index in [0.29, 0.717) is 13.2 Å². The van der Waals surface area contributed by atoms with Gasteiger partial charge in [0.15, 0.2) is 0 Å². The van der Waals surface area contributed by atoms with Gasteiger partial charge in [-0.3, -0.25) is 4.90 Å². The molecule has 0 amide bonds. The quantitative estimate of drug-likeness (QED) is 0.780. The predicted molar refractivity (Wildman–Crippen MR) is 64.2 cm³/mol. The molecule has 1 fully saturated rings. The molecule has 0 spiro atoms. The summed E-state index contributed by atoms with van der Waals surface area (Å²) in [6.07, 6.45) is -1.44. The summed E-state index contributed by atoms with van der Waals surface area (Å²) < 4.78 is 30.1. The SMILES string of the molecule is CCOC1CC(N)(CN(C)CC(F)F)C1(C)C. The molecule has 0 aromatic carbocycles. The number of ether oxygens (including phenoxy) is 1. The average Bonchev–Trinajstić information content (AvgIpc) is 2.15. The average molecular weight is 250 g/mol. The number of halogens is 2. The maximum Gasteiger partial charge on any atom is 0.251 e. The van der Waals surface area contributed by atoms with Crippen molar-refractivity contribution < 1.29 is 13.5 Å². The van der Waals surface area contributed by atoms with E-state index in [1.54, 1.807) is 11.9 Å². The van der Waals surface area contributed by atoms with Gasteiger partial charge in [-0.05, 0) is 20.4 Å². The zero-order chi connectivity index (χ0) is 13.3. The van der Waals surface area contributed by atoms with Crippen LogP contribution in [-0.2, 0) is 4.74 Å². The van der Waals surface area contributed by atoms with Crippen LogP contribution in [0, 0.1) is 5.41 Å². The summed E-state index contributed by atoms with van der Waals surface area (Å²) in [5.74, 6) is 0.